The molecule has 1 aliphatic carbocycles. The third-order valence-electron chi connectivity index (χ3n) is 4.47. The first-order chi connectivity index (χ1) is 9.25. The van der Waals surface area contributed by atoms with Gasteiger partial charge < -0.3 is 10.6 Å². The number of nitrogens with zero attached hydrogens (tertiary/aromatic N) is 1. The molecule has 2 N–H and O–H groups in total. The SMILES string of the molecule is Cl.NC1CCCC(C(=O)N2CCCC2c2cccs2)C1. The molecule has 0 aromatic carbocycles. The molecule has 2 aliphatic rings. The minimum atomic E-state index is 0. The first-order valence-corrected chi connectivity index (χ1v) is 8.23. The maximum Gasteiger partial charge on any atom is 0.226 e. The summed E-state index contributed by atoms with van der Waals surface area (Å²) in [5, 5.41) is 2.10. The van der Waals surface area contributed by atoms with Crippen molar-refractivity contribution >= 4 is 29.7 Å². The number of amides is 1. The van der Waals surface area contributed by atoms with E-state index in [1.165, 1.54) is 4.88 Å². The Labute approximate surface area is 130 Å². The van der Waals surface area contributed by atoms with E-state index in [9.17, 15) is 4.79 Å². The number of thiophene rings is 1. The summed E-state index contributed by atoms with van der Waals surface area (Å²) < 4.78 is 0. The van der Waals surface area contributed by atoms with Crippen LogP contribution in [-0.2, 0) is 4.79 Å². The number of rotatable bonds is 2. The number of carbonyl (C=O) groups excluding carboxylic acids is 1. The fourth-order valence-electron chi connectivity index (χ4n) is 3.49. The number of hydrogen-bond donors (Lipinski definition) is 1. The summed E-state index contributed by atoms with van der Waals surface area (Å²) in [6.07, 6.45) is 6.35. The molecule has 2 heterocycles. The number of halogens is 1. The minimum absolute atomic E-state index is 0. The highest BCUT2D eigenvalue weighted by molar-refractivity contribution is 7.10. The molecule has 1 saturated carbocycles. The van der Waals surface area contributed by atoms with Crippen LogP contribution in [-0.4, -0.2) is 23.4 Å². The molecule has 3 rings (SSSR count). The quantitative estimate of drug-likeness (QED) is 0.910. The smallest absolute Gasteiger partial charge is 0.226 e. The molecule has 1 aromatic rings. The molecular formula is C15H23ClN2OS. The number of hydrogen-bond acceptors (Lipinski definition) is 3. The molecule has 5 heteroatoms. The summed E-state index contributed by atoms with van der Waals surface area (Å²) in [7, 11) is 0. The molecule has 20 heavy (non-hydrogen) atoms. The van der Waals surface area contributed by atoms with Crippen molar-refractivity contribution in [2.75, 3.05) is 6.54 Å². The fourth-order valence-corrected chi connectivity index (χ4v) is 4.37. The number of nitrogens with two attached hydrogens (primary N) is 1. The summed E-state index contributed by atoms with van der Waals surface area (Å²) in [6, 6.07) is 4.79. The van der Waals surface area contributed by atoms with Gasteiger partial charge in [0.15, 0.2) is 0 Å². The van der Waals surface area contributed by atoms with E-state index in [1.54, 1.807) is 11.3 Å². The van der Waals surface area contributed by atoms with Gasteiger partial charge in [-0.15, -0.1) is 23.7 Å². The minimum Gasteiger partial charge on any atom is -0.335 e. The zero-order valence-electron chi connectivity index (χ0n) is 11.7. The van der Waals surface area contributed by atoms with Crippen LogP contribution in [0.1, 0.15) is 49.4 Å². The monoisotopic (exact) mass is 314 g/mol. The second-order valence-corrected chi connectivity index (χ2v) is 6.81. The fraction of sp³-hybridized carbons (Fsp3) is 0.667. The Kier molecular flexibility index (Phi) is 5.47. The molecule has 0 spiro atoms. The van der Waals surface area contributed by atoms with E-state index < -0.39 is 0 Å². The summed E-state index contributed by atoms with van der Waals surface area (Å²) in [5.41, 5.74) is 6.02. The molecule has 112 valence electrons. The van der Waals surface area contributed by atoms with Gasteiger partial charge in [-0.25, -0.2) is 0 Å². The van der Waals surface area contributed by atoms with Crippen molar-refractivity contribution in [3.05, 3.63) is 22.4 Å². The van der Waals surface area contributed by atoms with E-state index in [-0.39, 0.29) is 24.4 Å². The zero-order chi connectivity index (χ0) is 13.2. The standard InChI is InChI=1S/C15H22N2OS.ClH/c16-12-5-1-4-11(10-12)15(18)17-8-2-6-13(17)14-7-3-9-19-14;/h3,7,9,11-13H,1-2,4-6,8,10,16H2;1H. The predicted molar refractivity (Wildman–Crippen MR) is 85.2 cm³/mol. The van der Waals surface area contributed by atoms with E-state index in [0.717, 1.165) is 45.1 Å². The Balaban J connectivity index is 0.00000147. The topological polar surface area (TPSA) is 46.3 Å². The lowest BCUT2D eigenvalue weighted by atomic mass is 9.85. The average molecular weight is 315 g/mol. The van der Waals surface area contributed by atoms with Gasteiger partial charge in [0.1, 0.15) is 0 Å². The van der Waals surface area contributed by atoms with Crippen LogP contribution in [0.15, 0.2) is 17.5 Å². The molecule has 0 bridgehead atoms. The van der Waals surface area contributed by atoms with Crippen LogP contribution < -0.4 is 5.73 Å². The summed E-state index contributed by atoms with van der Waals surface area (Å²) >= 11 is 1.77. The van der Waals surface area contributed by atoms with Crippen LogP contribution in [0.4, 0.5) is 0 Å². The van der Waals surface area contributed by atoms with E-state index in [4.69, 9.17) is 5.73 Å². The zero-order valence-corrected chi connectivity index (χ0v) is 13.3. The van der Waals surface area contributed by atoms with Crippen molar-refractivity contribution in [3.63, 3.8) is 0 Å². The van der Waals surface area contributed by atoms with Crippen LogP contribution in [0.3, 0.4) is 0 Å². The van der Waals surface area contributed by atoms with Crippen molar-refractivity contribution in [1.82, 2.24) is 4.90 Å². The van der Waals surface area contributed by atoms with Gasteiger partial charge in [0, 0.05) is 23.4 Å². The second kappa shape index (κ2) is 6.92. The van der Waals surface area contributed by atoms with E-state index in [1.807, 2.05) is 0 Å². The highest BCUT2D eigenvalue weighted by Crippen LogP contribution is 2.37. The van der Waals surface area contributed by atoms with Gasteiger partial charge in [0.2, 0.25) is 5.91 Å². The van der Waals surface area contributed by atoms with Gasteiger partial charge in [0.05, 0.1) is 6.04 Å². The van der Waals surface area contributed by atoms with Crippen LogP contribution in [0.5, 0.6) is 0 Å². The molecule has 3 atom stereocenters. The number of carbonyl (C=O) groups is 1. The lowest BCUT2D eigenvalue weighted by molar-refractivity contribution is -0.137. The molecule has 3 unspecified atom stereocenters. The molecule has 3 nitrogen and oxygen atoms in total. The molecule has 1 saturated heterocycles. The van der Waals surface area contributed by atoms with E-state index in [2.05, 4.69) is 22.4 Å². The molecule has 1 amide bonds. The Morgan fingerprint density at radius 1 is 1.30 bits per heavy atom. The van der Waals surface area contributed by atoms with E-state index >= 15 is 0 Å². The van der Waals surface area contributed by atoms with Crippen LogP contribution in [0, 0.1) is 5.92 Å². The van der Waals surface area contributed by atoms with Crippen molar-refractivity contribution in [1.29, 1.82) is 0 Å². The molecule has 2 fully saturated rings. The third kappa shape index (κ3) is 3.18. The van der Waals surface area contributed by atoms with Crippen LogP contribution in [0.25, 0.3) is 0 Å². The van der Waals surface area contributed by atoms with E-state index in [0.29, 0.717) is 11.9 Å². The second-order valence-electron chi connectivity index (χ2n) is 5.83. The molecular weight excluding hydrogens is 292 g/mol. The van der Waals surface area contributed by atoms with Gasteiger partial charge in [-0.05, 0) is 43.6 Å². The highest BCUT2D eigenvalue weighted by Gasteiger charge is 2.35. The van der Waals surface area contributed by atoms with Gasteiger partial charge >= 0.3 is 0 Å². The highest BCUT2D eigenvalue weighted by atomic mass is 35.5. The van der Waals surface area contributed by atoms with Gasteiger partial charge in [0.25, 0.3) is 0 Å². The molecule has 1 aromatic heterocycles. The van der Waals surface area contributed by atoms with Gasteiger partial charge in [-0.3, -0.25) is 4.79 Å². The maximum absolute atomic E-state index is 12.7. The Bertz CT molecular complexity index is 437. The Morgan fingerprint density at radius 2 is 2.15 bits per heavy atom. The van der Waals surface area contributed by atoms with Gasteiger partial charge in [-0.1, -0.05) is 12.5 Å². The van der Waals surface area contributed by atoms with Crippen LogP contribution >= 0.6 is 23.7 Å². The van der Waals surface area contributed by atoms with Gasteiger partial charge in [-0.2, -0.15) is 0 Å². The lowest BCUT2D eigenvalue weighted by Gasteiger charge is -2.32. The van der Waals surface area contributed by atoms with Crippen molar-refractivity contribution in [2.24, 2.45) is 11.7 Å². The normalized spacial score (nSPS) is 30.1. The lowest BCUT2D eigenvalue weighted by Crippen LogP contribution is -2.40. The molecule has 0 radical (unpaired) electrons. The van der Waals surface area contributed by atoms with Crippen molar-refractivity contribution < 1.29 is 4.79 Å². The summed E-state index contributed by atoms with van der Waals surface area (Å²) in [6.45, 7) is 0.924. The third-order valence-corrected chi connectivity index (χ3v) is 5.45. The Morgan fingerprint density at radius 3 is 2.85 bits per heavy atom. The summed E-state index contributed by atoms with van der Waals surface area (Å²) in [4.78, 5) is 16.2. The first kappa shape index (κ1) is 15.8. The maximum atomic E-state index is 12.7. The number of likely N-dealkylation sites (tertiary alicyclic amines) is 1. The Hall–Kier alpha value is -0.580. The largest absolute Gasteiger partial charge is 0.335 e. The summed E-state index contributed by atoms with van der Waals surface area (Å²) in [5.74, 6) is 0.523. The average Bonchev–Trinajstić information content (AvgIpc) is 3.08. The van der Waals surface area contributed by atoms with Crippen LogP contribution in [0.2, 0.25) is 0 Å². The molecule has 1 aliphatic heterocycles. The van der Waals surface area contributed by atoms with Crippen molar-refractivity contribution in [2.45, 2.75) is 50.6 Å². The predicted octanol–water partition coefficient (Wildman–Crippen LogP) is 3.35. The first-order valence-electron chi connectivity index (χ1n) is 7.35. The van der Waals surface area contributed by atoms with Crippen molar-refractivity contribution in [3.8, 4) is 0 Å².